The largest absolute Gasteiger partial charge is 0.478 e. The van der Waals surface area contributed by atoms with Crippen molar-refractivity contribution in [3.63, 3.8) is 0 Å². The second-order valence-corrected chi connectivity index (χ2v) is 5.62. The lowest BCUT2D eigenvalue weighted by molar-refractivity contribution is 0.0697. The average molecular weight is 322 g/mol. The van der Waals surface area contributed by atoms with E-state index in [0.29, 0.717) is 12.1 Å². The van der Waals surface area contributed by atoms with Gasteiger partial charge in [-0.25, -0.2) is 4.79 Å². The molecule has 0 saturated heterocycles. The molecule has 0 fully saturated rings. The molecule has 0 unspecified atom stereocenters. The number of nitrogen functional groups attached to an aromatic ring is 1. The van der Waals surface area contributed by atoms with Gasteiger partial charge in [0.2, 0.25) is 0 Å². The zero-order valence-corrected chi connectivity index (χ0v) is 13.2. The zero-order valence-electron chi connectivity index (χ0n) is 13.2. The lowest BCUT2D eigenvalue weighted by Gasteiger charge is -2.08. The van der Waals surface area contributed by atoms with Gasteiger partial charge in [0.25, 0.3) is 0 Å². The smallest absolute Gasteiger partial charge is 0.335 e. The normalized spacial score (nSPS) is 10.7. The van der Waals surface area contributed by atoms with E-state index < -0.39 is 5.97 Å². The fourth-order valence-electron chi connectivity index (χ4n) is 2.67. The predicted molar refractivity (Wildman–Crippen MR) is 94.7 cm³/mol. The molecule has 5 N–H and O–H groups in total. The lowest BCUT2D eigenvalue weighted by Crippen LogP contribution is -2.11. The third-order valence-corrected chi connectivity index (χ3v) is 4.06. The Kier molecular flexibility index (Phi) is 3.95. The van der Waals surface area contributed by atoms with Crippen LogP contribution in [0.2, 0.25) is 0 Å². The molecule has 0 bridgehead atoms. The summed E-state index contributed by atoms with van der Waals surface area (Å²) in [6.45, 7) is 0.604. The molecule has 122 valence electrons. The van der Waals surface area contributed by atoms with Crippen LogP contribution in [0.25, 0.3) is 10.9 Å². The topological polar surface area (TPSA) is 104 Å². The van der Waals surface area contributed by atoms with E-state index in [0.717, 1.165) is 22.3 Å². The van der Waals surface area contributed by atoms with Gasteiger partial charge in [0.15, 0.2) is 0 Å². The first-order valence-corrected chi connectivity index (χ1v) is 7.45. The molecule has 0 amide bonds. The number of nitrogens with two attached hydrogens (primary N) is 1. The van der Waals surface area contributed by atoms with E-state index in [9.17, 15) is 4.79 Å². The molecule has 2 aromatic carbocycles. The summed E-state index contributed by atoms with van der Waals surface area (Å²) in [5, 5.41) is 20.7. The number of nitrogens with one attached hydrogen (secondary N) is 2. The predicted octanol–water partition coefficient (Wildman–Crippen LogP) is 2.77. The summed E-state index contributed by atoms with van der Waals surface area (Å²) in [6.07, 6.45) is 0. The van der Waals surface area contributed by atoms with E-state index in [1.165, 1.54) is 0 Å². The molecule has 1 aromatic heterocycles. The number of nitrogens with zero attached hydrogens (tertiary/aromatic N) is 1. The van der Waals surface area contributed by atoms with Crippen LogP contribution < -0.4 is 11.1 Å². The second-order valence-electron chi connectivity index (χ2n) is 5.62. The number of carboxylic acids is 1. The molecular formula is C18H18N4O2. The van der Waals surface area contributed by atoms with Gasteiger partial charge in [0.05, 0.1) is 12.1 Å². The molecule has 0 aliphatic carbocycles. The minimum absolute atomic E-state index is 0.0458. The Hall–Kier alpha value is -3.28. The van der Waals surface area contributed by atoms with Crippen molar-refractivity contribution in [1.82, 2.24) is 4.57 Å². The van der Waals surface area contributed by atoms with Crippen molar-refractivity contribution in [3.05, 3.63) is 65.4 Å². The number of aromatic nitrogens is 1. The number of amidine groups is 1. The highest BCUT2D eigenvalue weighted by atomic mass is 16.4. The Labute approximate surface area is 139 Å². The number of hydrogen-bond donors (Lipinski definition) is 4. The quantitative estimate of drug-likeness (QED) is 0.428. The number of fused-ring (bicyclic) bond motifs is 1. The average Bonchev–Trinajstić information content (AvgIpc) is 2.89. The van der Waals surface area contributed by atoms with Gasteiger partial charge < -0.3 is 20.7 Å². The van der Waals surface area contributed by atoms with E-state index in [2.05, 4.69) is 5.32 Å². The maximum atomic E-state index is 11.1. The fraction of sp³-hybridized carbons (Fsp3) is 0.111. The maximum absolute atomic E-state index is 11.1. The van der Waals surface area contributed by atoms with Crippen LogP contribution in [-0.4, -0.2) is 21.5 Å². The number of carboxylic acid groups (broad SMARTS) is 1. The van der Waals surface area contributed by atoms with Gasteiger partial charge in [-0.1, -0.05) is 0 Å². The SMILES string of the molecule is Cn1c(CNc2ccc(C(=N)N)cc2)cc2cc(C(=O)O)ccc21. The molecule has 6 heteroatoms. The highest BCUT2D eigenvalue weighted by molar-refractivity contribution is 5.95. The van der Waals surface area contributed by atoms with Crippen LogP contribution in [-0.2, 0) is 13.6 Å². The minimum atomic E-state index is -0.925. The minimum Gasteiger partial charge on any atom is -0.478 e. The Morgan fingerprint density at radius 1 is 1.17 bits per heavy atom. The summed E-state index contributed by atoms with van der Waals surface area (Å²) >= 11 is 0. The first-order valence-electron chi connectivity index (χ1n) is 7.45. The number of rotatable bonds is 5. The number of anilines is 1. The van der Waals surface area contributed by atoms with Crippen LogP contribution >= 0.6 is 0 Å². The third-order valence-electron chi connectivity index (χ3n) is 4.06. The molecule has 0 aliphatic heterocycles. The van der Waals surface area contributed by atoms with Gasteiger partial charge in [0, 0.05) is 34.9 Å². The molecule has 0 spiro atoms. The molecule has 0 atom stereocenters. The van der Waals surface area contributed by atoms with E-state index in [4.69, 9.17) is 16.2 Å². The van der Waals surface area contributed by atoms with Gasteiger partial charge >= 0.3 is 5.97 Å². The van der Waals surface area contributed by atoms with Gasteiger partial charge in [-0.05, 0) is 48.5 Å². The highest BCUT2D eigenvalue weighted by Crippen LogP contribution is 2.21. The van der Waals surface area contributed by atoms with Crippen molar-refractivity contribution < 1.29 is 9.90 Å². The zero-order chi connectivity index (χ0) is 17.3. The van der Waals surface area contributed by atoms with Crippen LogP contribution in [0.1, 0.15) is 21.6 Å². The molecule has 24 heavy (non-hydrogen) atoms. The molecule has 0 radical (unpaired) electrons. The van der Waals surface area contributed by atoms with Gasteiger partial charge in [0.1, 0.15) is 5.84 Å². The van der Waals surface area contributed by atoms with Crippen LogP contribution in [0.4, 0.5) is 5.69 Å². The van der Waals surface area contributed by atoms with E-state index >= 15 is 0 Å². The molecule has 3 aromatic rings. The van der Waals surface area contributed by atoms with Crippen molar-refractivity contribution in [2.75, 3.05) is 5.32 Å². The molecule has 6 nitrogen and oxygen atoms in total. The van der Waals surface area contributed by atoms with Crippen molar-refractivity contribution in [1.29, 1.82) is 5.41 Å². The monoisotopic (exact) mass is 322 g/mol. The summed E-state index contributed by atoms with van der Waals surface area (Å²) < 4.78 is 2.04. The second kappa shape index (κ2) is 6.08. The summed E-state index contributed by atoms with van der Waals surface area (Å²) in [6, 6.07) is 14.5. The summed E-state index contributed by atoms with van der Waals surface area (Å²) in [5.74, 6) is -0.879. The first-order chi connectivity index (χ1) is 11.5. The van der Waals surface area contributed by atoms with Gasteiger partial charge in [-0.2, -0.15) is 0 Å². The van der Waals surface area contributed by atoms with Crippen molar-refractivity contribution in [2.45, 2.75) is 6.54 Å². The van der Waals surface area contributed by atoms with Crippen molar-refractivity contribution in [2.24, 2.45) is 12.8 Å². The summed E-state index contributed by atoms with van der Waals surface area (Å²) in [7, 11) is 1.96. The fourth-order valence-corrected chi connectivity index (χ4v) is 2.67. The van der Waals surface area contributed by atoms with Crippen LogP contribution in [0.3, 0.4) is 0 Å². The van der Waals surface area contributed by atoms with Crippen LogP contribution in [0, 0.1) is 5.41 Å². The third kappa shape index (κ3) is 2.94. The highest BCUT2D eigenvalue weighted by Gasteiger charge is 2.09. The Balaban J connectivity index is 1.81. The maximum Gasteiger partial charge on any atom is 0.335 e. The number of aryl methyl sites for hydroxylation is 1. The Morgan fingerprint density at radius 2 is 1.83 bits per heavy atom. The summed E-state index contributed by atoms with van der Waals surface area (Å²) in [4.78, 5) is 11.1. The number of benzene rings is 2. The number of aromatic carboxylic acids is 1. The van der Waals surface area contributed by atoms with E-state index in [-0.39, 0.29) is 11.4 Å². The number of hydrogen-bond acceptors (Lipinski definition) is 3. The standard InChI is InChI=1S/C18H18N4O2/c1-22-15(9-13-8-12(18(23)24)4-7-16(13)22)10-21-14-5-2-11(3-6-14)17(19)20/h2-9,21H,10H2,1H3,(H3,19,20)(H,23,24). The van der Waals surface area contributed by atoms with Crippen LogP contribution in [0.15, 0.2) is 48.5 Å². The number of carbonyl (C=O) groups is 1. The molecule has 0 saturated carbocycles. The van der Waals surface area contributed by atoms with Crippen LogP contribution in [0.5, 0.6) is 0 Å². The Morgan fingerprint density at radius 3 is 2.46 bits per heavy atom. The Bertz CT molecular complexity index is 926. The molecule has 0 aliphatic rings. The van der Waals surface area contributed by atoms with E-state index in [1.54, 1.807) is 24.3 Å². The van der Waals surface area contributed by atoms with Gasteiger partial charge in [-0.3, -0.25) is 5.41 Å². The lowest BCUT2D eigenvalue weighted by atomic mass is 10.1. The summed E-state index contributed by atoms with van der Waals surface area (Å²) in [5.41, 5.74) is 9.38. The molecule has 3 rings (SSSR count). The van der Waals surface area contributed by atoms with Crippen molar-refractivity contribution in [3.8, 4) is 0 Å². The first kappa shape index (κ1) is 15.6. The van der Waals surface area contributed by atoms with Gasteiger partial charge in [-0.15, -0.1) is 0 Å². The van der Waals surface area contributed by atoms with Crippen molar-refractivity contribution >= 4 is 28.4 Å². The molecular weight excluding hydrogens is 304 g/mol. The molecule has 1 heterocycles. The van der Waals surface area contributed by atoms with E-state index in [1.807, 2.05) is 35.9 Å².